The van der Waals surface area contributed by atoms with Crippen LogP contribution in [0.4, 0.5) is 0 Å². The summed E-state index contributed by atoms with van der Waals surface area (Å²) < 4.78 is 5.87. The van der Waals surface area contributed by atoms with Gasteiger partial charge in [0, 0.05) is 5.56 Å². The average Bonchev–Trinajstić information content (AvgIpc) is 3.03. The first-order valence-electron chi connectivity index (χ1n) is 7.55. The Kier molecular flexibility index (Phi) is 4.29. The normalized spacial score (nSPS) is 10.6. The molecule has 122 valence electrons. The molecule has 0 aliphatic rings. The quantitative estimate of drug-likeness (QED) is 0.755. The number of nitrogens with zero attached hydrogens (tertiary/aromatic N) is 2. The number of aromatic amines is 1. The number of nitrogens with one attached hydrogen (secondary N) is 1. The maximum Gasteiger partial charge on any atom is 0.271 e. The van der Waals surface area contributed by atoms with E-state index in [2.05, 4.69) is 15.4 Å². The molecule has 0 saturated heterocycles. The van der Waals surface area contributed by atoms with Crippen LogP contribution in [0.1, 0.15) is 27.2 Å². The second-order valence-electron chi connectivity index (χ2n) is 5.59. The Labute approximate surface area is 139 Å². The van der Waals surface area contributed by atoms with Crippen LogP contribution in [-0.4, -0.2) is 21.3 Å². The number of carbonyl (C=O) groups is 1. The van der Waals surface area contributed by atoms with Gasteiger partial charge in [-0.25, -0.2) is 0 Å². The van der Waals surface area contributed by atoms with E-state index in [1.165, 1.54) is 0 Å². The first-order valence-corrected chi connectivity index (χ1v) is 7.55. The number of aromatic nitrogens is 3. The molecule has 0 aliphatic heterocycles. The molecule has 24 heavy (non-hydrogen) atoms. The summed E-state index contributed by atoms with van der Waals surface area (Å²) >= 11 is 0. The number of aryl methyl sites for hydroxylation is 2. The van der Waals surface area contributed by atoms with E-state index in [4.69, 9.17) is 10.5 Å². The Hall–Kier alpha value is -3.15. The summed E-state index contributed by atoms with van der Waals surface area (Å²) in [5.74, 6) is 0.156. The number of carbonyl (C=O) groups excluding carboxylic acids is 1. The van der Waals surface area contributed by atoms with Crippen molar-refractivity contribution < 1.29 is 9.53 Å². The highest BCUT2D eigenvalue weighted by atomic mass is 16.5. The zero-order valence-corrected chi connectivity index (χ0v) is 13.5. The van der Waals surface area contributed by atoms with Gasteiger partial charge in [0.1, 0.15) is 18.1 Å². The number of primary amides is 1. The average molecular weight is 322 g/mol. The van der Waals surface area contributed by atoms with Crippen molar-refractivity contribution in [2.24, 2.45) is 5.73 Å². The van der Waals surface area contributed by atoms with Gasteiger partial charge in [-0.3, -0.25) is 4.79 Å². The first-order chi connectivity index (χ1) is 11.6. The standard InChI is InChI=1S/C18H18N4O2/c1-11-8-14(24-10-13-6-4-3-5-7-13)9-12(2)15(11)16-17(18(19)23)21-22-20-16/h3-9H,10H2,1-2H3,(H2,19,23)(H,20,21,22). The molecule has 0 fully saturated rings. The number of nitrogens with two attached hydrogens (primary N) is 1. The van der Waals surface area contributed by atoms with Crippen LogP contribution in [-0.2, 0) is 6.61 Å². The molecule has 6 nitrogen and oxygen atoms in total. The van der Waals surface area contributed by atoms with Crippen molar-refractivity contribution in [1.82, 2.24) is 15.4 Å². The predicted molar refractivity (Wildman–Crippen MR) is 90.6 cm³/mol. The van der Waals surface area contributed by atoms with Crippen molar-refractivity contribution in [1.29, 1.82) is 0 Å². The van der Waals surface area contributed by atoms with Gasteiger partial charge in [0.05, 0.1) is 0 Å². The topological polar surface area (TPSA) is 93.9 Å². The minimum absolute atomic E-state index is 0.138. The third-order valence-electron chi connectivity index (χ3n) is 3.77. The SMILES string of the molecule is Cc1cc(OCc2ccccc2)cc(C)c1-c1n[nH]nc1C(N)=O. The lowest BCUT2D eigenvalue weighted by molar-refractivity contribution is 0.0996. The van der Waals surface area contributed by atoms with E-state index < -0.39 is 5.91 Å². The fraction of sp³-hybridized carbons (Fsp3) is 0.167. The highest BCUT2D eigenvalue weighted by molar-refractivity contribution is 5.97. The molecule has 1 aromatic heterocycles. The van der Waals surface area contributed by atoms with Gasteiger partial charge in [-0.15, -0.1) is 0 Å². The summed E-state index contributed by atoms with van der Waals surface area (Å²) in [6.07, 6.45) is 0. The minimum Gasteiger partial charge on any atom is -0.489 e. The van der Waals surface area contributed by atoms with E-state index in [-0.39, 0.29) is 5.69 Å². The molecule has 1 heterocycles. The number of rotatable bonds is 5. The van der Waals surface area contributed by atoms with Gasteiger partial charge in [-0.2, -0.15) is 15.4 Å². The van der Waals surface area contributed by atoms with Crippen LogP contribution in [0, 0.1) is 13.8 Å². The fourth-order valence-electron chi connectivity index (χ4n) is 2.70. The molecule has 6 heteroatoms. The molecular weight excluding hydrogens is 304 g/mol. The minimum atomic E-state index is -0.609. The lowest BCUT2D eigenvalue weighted by atomic mass is 9.98. The smallest absolute Gasteiger partial charge is 0.271 e. The number of ether oxygens (including phenoxy) is 1. The fourth-order valence-corrected chi connectivity index (χ4v) is 2.70. The molecular formula is C18H18N4O2. The van der Waals surface area contributed by atoms with Crippen molar-refractivity contribution >= 4 is 5.91 Å². The lowest BCUT2D eigenvalue weighted by Crippen LogP contribution is -2.13. The number of H-pyrrole nitrogens is 1. The van der Waals surface area contributed by atoms with E-state index in [0.717, 1.165) is 28.0 Å². The van der Waals surface area contributed by atoms with E-state index in [1.807, 2.05) is 56.3 Å². The van der Waals surface area contributed by atoms with E-state index in [0.29, 0.717) is 12.3 Å². The summed E-state index contributed by atoms with van der Waals surface area (Å²) in [4.78, 5) is 11.5. The Morgan fingerprint density at radius 1 is 1.12 bits per heavy atom. The monoisotopic (exact) mass is 322 g/mol. The van der Waals surface area contributed by atoms with Gasteiger partial charge in [-0.05, 0) is 42.7 Å². The van der Waals surface area contributed by atoms with E-state index >= 15 is 0 Å². The molecule has 0 aliphatic carbocycles. The van der Waals surface area contributed by atoms with Crippen LogP contribution in [0.15, 0.2) is 42.5 Å². The van der Waals surface area contributed by atoms with Gasteiger partial charge in [-0.1, -0.05) is 30.3 Å². The molecule has 0 atom stereocenters. The highest BCUT2D eigenvalue weighted by Crippen LogP contribution is 2.31. The Morgan fingerprint density at radius 3 is 2.42 bits per heavy atom. The molecule has 0 radical (unpaired) electrons. The Morgan fingerprint density at radius 2 is 1.79 bits per heavy atom. The number of amides is 1. The zero-order valence-electron chi connectivity index (χ0n) is 13.5. The molecule has 0 spiro atoms. The van der Waals surface area contributed by atoms with Crippen LogP contribution in [0.3, 0.4) is 0 Å². The summed E-state index contributed by atoms with van der Waals surface area (Å²) in [7, 11) is 0. The van der Waals surface area contributed by atoms with Crippen LogP contribution in [0.5, 0.6) is 5.75 Å². The van der Waals surface area contributed by atoms with Crippen molar-refractivity contribution in [2.45, 2.75) is 20.5 Å². The lowest BCUT2D eigenvalue weighted by Gasteiger charge is -2.12. The largest absolute Gasteiger partial charge is 0.489 e. The highest BCUT2D eigenvalue weighted by Gasteiger charge is 2.19. The first kappa shape index (κ1) is 15.7. The summed E-state index contributed by atoms with van der Waals surface area (Å²) in [5.41, 5.74) is 9.77. The molecule has 3 N–H and O–H groups in total. The second kappa shape index (κ2) is 6.54. The van der Waals surface area contributed by atoms with E-state index in [9.17, 15) is 4.79 Å². The van der Waals surface area contributed by atoms with Crippen LogP contribution in [0.2, 0.25) is 0 Å². The van der Waals surface area contributed by atoms with Gasteiger partial charge in [0.2, 0.25) is 0 Å². The Bertz CT molecular complexity index is 849. The van der Waals surface area contributed by atoms with Crippen LogP contribution >= 0.6 is 0 Å². The number of benzene rings is 2. The number of hydrogen-bond donors (Lipinski definition) is 2. The maximum atomic E-state index is 11.5. The molecule has 3 rings (SSSR count). The van der Waals surface area contributed by atoms with Gasteiger partial charge >= 0.3 is 0 Å². The van der Waals surface area contributed by atoms with Gasteiger partial charge in [0.15, 0.2) is 5.69 Å². The molecule has 0 unspecified atom stereocenters. The predicted octanol–water partition coefficient (Wildman–Crippen LogP) is 2.77. The van der Waals surface area contributed by atoms with Crippen LogP contribution < -0.4 is 10.5 Å². The molecule has 0 bridgehead atoms. The third kappa shape index (κ3) is 3.12. The molecule has 2 aromatic carbocycles. The molecule has 3 aromatic rings. The maximum absolute atomic E-state index is 11.5. The van der Waals surface area contributed by atoms with Crippen LogP contribution in [0.25, 0.3) is 11.3 Å². The zero-order chi connectivity index (χ0) is 17.1. The van der Waals surface area contributed by atoms with Crippen molar-refractivity contribution in [3.8, 4) is 17.0 Å². The second-order valence-corrected chi connectivity index (χ2v) is 5.59. The number of hydrogen-bond acceptors (Lipinski definition) is 4. The van der Waals surface area contributed by atoms with Gasteiger partial charge < -0.3 is 10.5 Å². The van der Waals surface area contributed by atoms with Crippen molar-refractivity contribution in [3.63, 3.8) is 0 Å². The molecule has 1 amide bonds. The summed E-state index contributed by atoms with van der Waals surface area (Å²) in [6.45, 7) is 4.38. The third-order valence-corrected chi connectivity index (χ3v) is 3.77. The van der Waals surface area contributed by atoms with Gasteiger partial charge in [0.25, 0.3) is 5.91 Å². The van der Waals surface area contributed by atoms with Crippen molar-refractivity contribution in [3.05, 3.63) is 64.8 Å². The van der Waals surface area contributed by atoms with E-state index in [1.54, 1.807) is 0 Å². The van der Waals surface area contributed by atoms with Crippen molar-refractivity contribution in [2.75, 3.05) is 0 Å². The summed E-state index contributed by atoms with van der Waals surface area (Å²) in [5, 5.41) is 10.4. The summed E-state index contributed by atoms with van der Waals surface area (Å²) in [6, 6.07) is 13.8. The molecule has 0 saturated carbocycles. The Balaban J connectivity index is 1.89.